The van der Waals surface area contributed by atoms with Crippen molar-refractivity contribution in [1.29, 1.82) is 0 Å². The molecule has 74 valence electrons. The highest BCUT2D eigenvalue weighted by Gasteiger charge is 2.23. The first-order valence-electron chi connectivity index (χ1n) is 4.45. The summed E-state index contributed by atoms with van der Waals surface area (Å²) in [4.78, 5) is 11.4. The van der Waals surface area contributed by atoms with E-state index in [1.54, 1.807) is 0 Å². The third-order valence-corrected chi connectivity index (χ3v) is 3.94. The molecular weight excluding hydrogens is 214 g/mol. The van der Waals surface area contributed by atoms with Crippen LogP contribution in [0.2, 0.25) is 0 Å². The summed E-state index contributed by atoms with van der Waals surface area (Å²) in [6.45, 7) is 0. The van der Waals surface area contributed by atoms with Crippen LogP contribution in [0.25, 0.3) is 0 Å². The Labute approximate surface area is 91.8 Å². The molecule has 1 unspecified atom stereocenters. The number of para-hydroxylation sites is 1. The molecule has 1 aliphatic rings. The maximum Gasteiger partial charge on any atom is 0.283 e. The topological polar surface area (TPSA) is 29.1 Å². The van der Waals surface area contributed by atoms with Crippen LogP contribution in [0.4, 0.5) is 10.5 Å². The first-order valence-corrected chi connectivity index (χ1v) is 6.48. The normalized spacial score (nSPS) is 19.0. The van der Waals surface area contributed by atoms with Crippen molar-refractivity contribution in [3.8, 4) is 0 Å². The van der Waals surface area contributed by atoms with Gasteiger partial charge >= 0.3 is 0 Å². The SMILES string of the molecule is O=C(Nc1ccccc1)SCC1CS1. The van der Waals surface area contributed by atoms with Gasteiger partial charge in [-0.3, -0.25) is 4.79 Å². The molecule has 1 heterocycles. The Morgan fingerprint density at radius 3 is 2.86 bits per heavy atom. The summed E-state index contributed by atoms with van der Waals surface area (Å²) in [6.07, 6.45) is 0. The van der Waals surface area contributed by atoms with Gasteiger partial charge in [-0.15, -0.1) is 0 Å². The average molecular weight is 225 g/mol. The molecule has 0 radical (unpaired) electrons. The lowest BCUT2D eigenvalue weighted by Crippen LogP contribution is -2.06. The third-order valence-electron chi connectivity index (χ3n) is 1.82. The van der Waals surface area contributed by atoms with Gasteiger partial charge in [0, 0.05) is 22.4 Å². The van der Waals surface area contributed by atoms with Crippen LogP contribution in [0.15, 0.2) is 30.3 Å². The minimum atomic E-state index is 0.0451. The summed E-state index contributed by atoms with van der Waals surface area (Å²) in [5.74, 6) is 2.15. The predicted octanol–water partition coefficient (Wildman–Crippen LogP) is 3.07. The number of carbonyl (C=O) groups excluding carboxylic acids is 1. The van der Waals surface area contributed by atoms with E-state index in [0.717, 1.165) is 11.4 Å². The highest BCUT2D eigenvalue weighted by Crippen LogP contribution is 2.33. The van der Waals surface area contributed by atoms with E-state index in [2.05, 4.69) is 5.32 Å². The van der Waals surface area contributed by atoms with Gasteiger partial charge in [0.1, 0.15) is 0 Å². The highest BCUT2D eigenvalue weighted by atomic mass is 32.2. The van der Waals surface area contributed by atoms with Crippen molar-refractivity contribution in [3.05, 3.63) is 30.3 Å². The number of nitrogens with one attached hydrogen (secondary N) is 1. The first-order chi connectivity index (χ1) is 6.84. The number of anilines is 1. The van der Waals surface area contributed by atoms with E-state index in [0.29, 0.717) is 5.25 Å². The maximum absolute atomic E-state index is 11.4. The van der Waals surface area contributed by atoms with E-state index < -0.39 is 0 Å². The van der Waals surface area contributed by atoms with Crippen molar-refractivity contribution in [3.63, 3.8) is 0 Å². The number of rotatable bonds is 3. The molecule has 1 aliphatic heterocycles. The molecule has 1 atom stereocenters. The van der Waals surface area contributed by atoms with Crippen LogP contribution in [-0.4, -0.2) is 22.0 Å². The zero-order valence-corrected chi connectivity index (χ0v) is 9.24. The second-order valence-corrected chi connectivity index (χ2v) is 5.37. The number of benzene rings is 1. The Kier molecular flexibility index (Phi) is 3.37. The highest BCUT2D eigenvalue weighted by molar-refractivity contribution is 8.15. The standard InChI is InChI=1S/C10H11NOS2/c12-10(14-7-9-6-13-9)11-8-4-2-1-3-5-8/h1-5,9H,6-7H2,(H,11,12). The summed E-state index contributed by atoms with van der Waals surface area (Å²) in [5, 5.41) is 3.59. The molecule has 2 nitrogen and oxygen atoms in total. The summed E-state index contributed by atoms with van der Waals surface area (Å²) >= 11 is 3.29. The van der Waals surface area contributed by atoms with Gasteiger partial charge in [-0.1, -0.05) is 30.0 Å². The van der Waals surface area contributed by atoms with Gasteiger partial charge in [0.05, 0.1) is 0 Å². The van der Waals surface area contributed by atoms with E-state index in [4.69, 9.17) is 0 Å². The smallest absolute Gasteiger partial charge is 0.283 e. The van der Waals surface area contributed by atoms with Gasteiger partial charge in [0.25, 0.3) is 5.24 Å². The number of carbonyl (C=O) groups is 1. The minimum absolute atomic E-state index is 0.0451. The van der Waals surface area contributed by atoms with Crippen molar-refractivity contribution in [2.45, 2.75) is 5.25 Å². The minimum Gasteiger partial charge on any atom is -0.317 e. The second kappa shape index (κ2) is 4.75. The van der Waals surface area contributed by atoms with Crippen LogP contribution in [0.3, 0.4) is 0 Å². The molecule has 1 N–H and O–H groups in total. The molecule has 0 spiro atoms. The Morgan fingerprint density at radius 2 is 2.21 bits per heavy atom. The van der Waals surface area contributed by atoms with Crippen LogP contribution < -0.4 is 5.32 Å². The van der Waals surface area contributed by atoms with Gasteiger partial charge < -0.3 is 5.32 Å². The molecule has 1 aromatic rings. The fourth-order valence-electron chi connectivity index (χ4n) is 1.01. The molecule has 0 bridgehead atoms. The molecule has 2 rings (SSSR count). The van der Waals surface area contributed by atoms with Gasteiger partial charge in [-0.25, -0.2) is 0 Å². The first kappa shape index (κ1) is 9.93. The van der Waals surface area contributed by atoms with E-state index in [9.17, 15) is 4.79 Å². The van der Waals surface area contributed by atoms with Gasteiger partial charge in [0.2, 0.25) is 0 Å². The fourth-order valence-corrected chi connectivity index (χ4v) is 2.65. The zero-order valence-electron chi connectivity index (χ0n) is 7.60. The Balaban J connectivity index is 1.76. The van der Waals surface area contributed by atoms with E-state index >= 15 is 0 Å². The number of amides is 1. The molecule has 0 aliphatic carbocycles. The van der Waals surface area contributed by atoms with Crippen LogP contribution in [0, 0.1) is 0 Å². The van der Waals surface area contributed by atoms with E-state index in [1.165, 1.54) is 17.5 Å². The average Bonchev–Trinajstić information content (AvgIpc) is 3.00. The van der Waals surface area contributed by atoms with Crippen LogP contribution in [-0.2, 0) is 0 Å². The Hall–Kier alpha value is -0.610. The molecule has 1 amide bonds. The largest absolute Gasteiger partial charge is 0.317 e. The van der Waals surface area contributed by atoms with Crippen LogP contribution in [0.5, 0.6) is 0 Å². The lowest BCUT2D eigenvalue weighted by Gasteiger charge is -2.02. The Bertz CT molecular complexity index is 311. The zero-order chi connectivity index (χ0) is 9.80. The molecule has 0 saturated carbocycles. The summed E-state index contributed by atoms with van der Waals surface area (Å²) in [6, 6.07) is 9.55. The van der Waals surface area contributed by atoms with Crippen LogP contribution in [0.1, 0.15) is 0 Å². The van der Waals surface area contributed by atoms with Crippen molar-refractivity contribution in [2.24, 2.45) is 0 Å². The third kappa shape index (κ3) is 3.27. The molecular formula is C10H11NOS2. The van der Waals surface area contributed by atoms with Crippen LogP contribution >= 0.6 is 23.5 Å². The summed E-state index contributed by atoms with van der Waals surface area (Å²) in [5.41, 5.74) is 0.869. The maximum atomic E-state index is 11.4. The number of hydrogen-bond donors (Lipinski definition) is 1. The predicted molar refractivity (Wildman–Crippen MR) is 64.2 cm³/mol. The van der Waals surface area contributed by atoms with Gasteiger partial charge in [-0.2, -0.15) is 11.8 Å². The molecule has 4 heteroatoms. The van der Waals surface area contributed by atoms with Crippen molar-refractivity contribution in [2.75, 3.05) is 16.8 Å². The van der Waals surface area contributed by atoms with E-state index in [1.807, 2.05) is 42.1 Å². The van der Waals surface area contributed by atoms with Crippen molar-refractivity contribution < 1.29 is 4.79 Å². The van der Waals surface area contributed by atoms with Crippen molar-refractivity contribution >= 4 is 34.5 Å². The quantitative estimate of drug-likeness (QED) is 0.802. The van der Waals surface area contributed by atoms with Gasteiger partial charge in [0.15, 0.2) is 0 Å². The van der Waals surface area contributed by atoms with Gasteiger partial charge in [-0.05, 0) is 12.1 Å². The monoisotopic (exact) mass is 225 g/mol. The van der Waals surface area contributed by atoms with E-state index in [-0.39, 0.29) is 5.24 Å². The molecule has 1 saturated heterocycles. The Morgan fingerprint density at radius 1 is 1.50 bits per heavy atom. The molecule has 1 aromatic carbocycles. The lowest BCUT2D eigenvalue weighted by atomic mass is 10.3. The molecule has 1 fully saturated rings. The lowest BCUT2D eigenvalue weighted by molar-refractivity contribution is 0.270. The molecule has 14 heavy (non-hydrogen) atoms. The summed E-state index contributed by atoms with van der Waals surface area (Å²) in [7, 11) is 0. The number of thioether (sulfide) groups is 2. The number of hydrogen-bond acceptors (Lipinski definition) is 3. The fraction of sp³-hybridized carbons (Fsp3) is 0.300. The second-order valence-electron chi connectivity index (χ2n) is 3.04. The van der Waals surface area contributed by atoms with Crippen molar-refractivity contribution in [1.82, 2.24) is 0 Å². The summed E-state index contributed by atoms with van der Waals surface area (Å²) < 4.78 is 0. The molecule has 0 aromatic heterocycles.